The van der Waals surface area contributed by atoms with Crippen molar-refractivity contribution in [1.82, 2.24) is 0 Å². The Bertz CT molecular complexity index is 2540. The second kappa shape index (κ2) is 11.4. The summed E-state index contributed by atoms with van der Waals surface area (Å²) in [6.45, 7) is 9.39. The predicted octanol–water partition coefficient (Wildman–Crippen LogP) is 14.6. The number of rotatable bonds is 5. The minimum Gasteiger partial charge on any atom is -0.310 e. The van der Waals surface area contributed by atoms with E-state index in [0.29, 0.717) is 5.41 Å². The average Bonchev–Trinajstić information content (AvgIpc) is 3.64. The SMILES string of the molecule is Cc1cc(-c2ccc(C34CC5CC(CC(C5)C3)C4)cc2)cc(C)c1N(c1ccc2c(c1)C(C)(C)c1ccccc1-2)c1ccc2c(c1)sc1ccccc12. The summed E-state index contributed by atoms with van der Waals surface area (Å²) >= 11 is 1.90. The van der Waals surface area contributed by atoms with Crippen molar-refractivity contribution in [3.05, 3.63) is 149 Å². The van der Waals surface area contributed by atoms with Crippen LogP contribution in [-0.4, -0.2) is 0 Å². The summed E-state index contributed by atoms with van der Waals surface area (Å²) in [6.07, 6.45) is 8.73. The van der Waals surface area contributed by atoms with Crippen LogP contribution < -0.4 is 4.90 Å². The van der Waals surface area contributed by atoms with Gasteiger partial charge in [-0.3, -0.25) is 0 Å². The van der Waals surface area contributed by atoms with Gasteiger partial charge >= 0.3 is 0 Å². The first-order valence-corrected chi connectivity index (χ1v) is 20.7. The maximum atomic E-state index is 2.54. The summed E-state index contributed by atoms with van der Waals surface area (Å²) in [6, 6.07) is 46.8. The molecule has 5 aliphatic carbocycles. The van der Waals surface area contributed by atoms with Gasteiger partial charge in [-0.25, -0.2) is 0 Å². The van der Waals surface area contributed by atoms with Crippen molar-refractivity contribution in [2.75, 3.05) is 4.90 Å². The summed E-state index contributed by atoms with van der Waals surface area (Å²) in [7, 11) is 0. The van der Waals surface area contributed by atoms with Crippen LogP contribution in [0.3, 0.4) is 0 Å². The van der Waals surface area contributed by atoms with E-state index >= 15 is 0 Å². The molecule has 4 fully saturated rings. The van der Waals surface area contributed by atoms with Crippen LogP contribution in [0, 0.1) is 31.6 Å². The van der Waals surface area contributed by atoms with Gasteiger partial charge in [0.05, 0.1) is 5.69 Å². The minimum atomic E-state index is -0.0701. The fraction of sp³-hybridized carbons (Fsp3) is 0.294. The van der Waals surface area contributed by atoms with Crippen molar-refractivity contribution in [3.8, 4) is 22.3 Å². The molecule has 0 spiro atoms. The number of nitrogens with zero attached hydrogens (tertiary/aromatic N) is 1. The van der Waals surface area contributed by atoms with Crippen LogP contribution in [0.1, 0.15) is 80.2 Å². The molecule has 4 saturated carbocycles. The second-order valence-electron chi connectivity index (χ2n) is 17.7. The third kappa shape index (κ3) is 4.80. The lowest BCUT2D eigenvalue weighted by Crippen LogP contribution is -2.48. The topological polar surface area (TPSA) is 3.24 Å². The fourth-order valence-electron chi connectivity index (χ4n) is 12.0. The maximum absolute atomic E-state index is 2.54. The zero-order valence-corrected chi connectivity index (χ0v) is 32.2. The number of aryl methyl sites for hydroxylation is 2. The highest BCUT2D eigenvalue weighted by Crippen LogP contribution is 2.61. The van der Waals surface area contributed by atoms with Gasteiger partial charge in [-0.1, -0.05) is 92.7 Å². The number of hydrogen-bond acceptors (Lipinski definition) is 2. The molecule has 2 heteroatoms. The molecule has 0 amide bonds. The van der Waals surface area contributed by atoms with Gasteiger partial charge < -0.3 is 4.90 Å². The molecule has 1 nitrogen and oxygen atoms in total. The summed E-state index contributed by atoms with van der Waals surface area (Å²) in [5, 5.41) is 2.68. The summed E-state index contributed by atoms with van der Waals surface area (Å²) in [5.41, 5.74) is 16.4. The van der Waals surface area contributed by atoms with E-state index < -0.39 is 0 Å². The van der Waals surface area contributed by atoms with E-state index in [2.05, 4.69) is 154 Å². The molecule has 4 bridgehead atoms. The van der Waals surface area contributed by atoms with Gasteiger partial charge in [0.15, 0.2) is 0 Å². The lowest BCUT2D eigenvalue weighted by atomic mass is 9.48. The van der Waals surface area contributed by atoms with Crippen LogP contribution in [-0.2, 0) is 10.8 Å². The largest absolute Gasteiger partial charge is 0.310 e. The first kappa shape index (κ1) is 31.8. The molecule has 5 aliphatic rings. The highest BCUT2D eigenvalue weighted by Gasteiger charge is 2.51. The molecule has 0 aliphatic heterocycles. The van der Waals surface area contributed by atoms with Gasteiger partial charge in [0.1, 0.15) is 0 Å². The lowest BCUT2D eigenvalue weighted by molar-refractivity contribution is -0.00518. The van der Waals surface area contributed by atoms with Crippen molar-refractivity contribution < 1.29 is 0 Å². The molecule has 7 aromatic rings. The first-order chi connectivity index (χ1) is 25.7. The molecule has 0 unspecified atom stereocenters. The molecule has 262 valence electrons. The summed E-state index contributed by atoms with van der Waals surface area (Å²) in [5.74, 6) is 2.90. The zero-order chi connectivity index (χ0) is 35.6. The Morgan fingerprint density at radius 3 is 1.89 bits per heavy atom. The minimum absolute atomic E-state index is 0.0701. The normalized spacial score (nSPS) is 23.4. The van der Waals surface area contributed by atoms with E-state index in [1.807, 2.05) is 11.3 Å². The third-order valence-electron chi connectivity index (χ3n) is 14.0. The number of thiophene rings is 1. The van der Waals surface area contributed by atoms with E-state index in [1.54, 1.807) is 5.56 Å². The van der Waals surface area contributed by atoms with Crippen LogP contribution >= 0.6 is 11.3 Å². The average molecular weight is 706 g/mol. The van der Waals surface area contributed by atoms with Crippen molar-refractivity contribution in [3.63, 3.8) is 0 Å². The molecule has 6 aromatic carbocycles. The zero-order valence-electron chi connectivity index (χ0n) is 31.4. The monoisotopic (exact) mass is 705 g/mol. The van der Waals surface area contributed by atoms with E-state index in [9.17, 15) is 0 Å². The number of fused-ring (bicyclic) bond motifs is 6. The fourth-order valence-corrected chi connectivity index (χ4v) is 13.2. The Hall–Kier alpha value is -4.66. The highest BCUT2D eigenvalue weighted by atomic mass is 32.1. The van der Waals surface area contributed by atoms with Crippen molar-refractivity contribution in [2.45, 2.75) is 77.0 Å². The molecule has 1 heterocycles. The summed E-state index contributed by atoms with van der Waals surface area (Å²) in [4.78, 5) is 2.54. The van der Waals surface area contributed by atoms with Gasteiger partial charge in [-0.05, 0) is 168 Å². The second-order valence-corrected chi connectivity index (χ2v) is 18.8. The highest BCUT2D eigenvalue weighted by molar-refractivity contribution is 7.25. The molecular formula is C51H47NS. The summed E-state index contributed by atoms with van der Waals surface area (Å²) < 4.78 is 2.67. The molecule has 12 rings (SSSR count). The molecular weight excluding hydrogens is 659 g/mol. The quantitative estimate of drug-likeness (QED) is 0.172. The third-order valence-corrected chi connectivity index (χ3v) is 15.2. The molecule has 1 aromatic heterocycles. The van der Waals surface area contributed by atoms with Crippen LogP contribution in [0.15, 0.2) is 121 Å². The number of anilines is 3. The Labute approximate surface area is 318 Å². The Morgan fingerprint density at radius 2 is 1.15 bits per heavy atom. The Balaban J connectivity index is 1.02. The van der Waals surface area contributed by atoms with Gasteiger partial charge in [-0.15, -0.1) is 11.3 Å². The predicted molar refractivity (Wildman–Crippen MR) is 226 cm³/mol. The van der Waals surface area contributed by atoms with Gasteiger partial charge in [0.25, 0.3) is 0 Å². The van der Waals surface area contributed by atoms with E-state index in [4.69, 9.17) is 0 Å². The van der Waals surface area contributed by atoms with E-state index in [-0.39, 0.29) is 5.41 Å². The van der Waals surface area contributed by atoms with Crippen molar-refractivity contribution in [2.24, 2.45) is 17.8 Å². The first-order valence-electron chi connectivity index (χ1n) is 19.9. The van der Waals surface area contributed by atoms with Crippen LogP contribution in [0.2, 0.25) is 0 Å². The standard InChI is InChI=1S/C51H47NS/c1-31-21-37(36-13-15-38(16-14-36)51-28-33-23-34(29-51)25-35(24-33)30-51)22-32(2)49(31)52(40-18-20-44-43-10-6-8-12-47(43)53-48(44)27-40)39-17-19-42-41-9-5-7-11-45(41)50(3,4)46(42)26-39/h5-22,26-27,33-35H,23-25,28-30H2,1-4H3. The van der Waals surface area contributed by atoms with Crippen molar-refractivity contribution >= 4 is 48.6 Å². The smallest absolute Gasteiger partial charge is 0.0520 e. The Morgan fingerprint density at radius 1 is 0.547 bits per heavy atom. The number of hydrogen-bond donors (Lipinski definition) is 0. The van der Waals surface area contributed by atoms with Crippen LogP contribution in [0.4, 0.5) is 17.1 Å². The molecule has 0 radical (unpaired) electrons. The molecule has 0 N–H and O–H groups in total. The molecule has 0 atom stereocenters. The van der Waals surface area contributed by atoms with E-state index in [0.717, 1.165) is 17.8 Å². The lowest BCUT2D eigenvalue weighted by Gasteiger charge is -2.57. The van der Waals surface area contributed by atoms with Gasteiger partial charge in [0, 0.05) is 37.0 Å². The van der Waals surface area contributed by atoms with E-state index in [1.165, 1.54) is 120 Å². The molecule has 0 saturated heterocycles. The van der Waals surface area contributed by atoms with Crippen molar-refractivity contribution in [1.29, 1.82) is 0 Å². The van der Waals surface area contributed by atoms with Gasteiger partial charge in [0.2, 0.25) is 0 Å². The number of benzene rings is 6. The Kier molecular flexibility index (Phi) is 6.86. The molecule has 53 heavy (non-hydrogen) atoms. The maximum Gasteiger partial charge on any atom is 0.0520 e. The van der Waals surface area contributed by atoms with Crippen LogP contribution in [0.25, 0.3) is 42.4 Å². The van der Waals surface area contributed by atoms with Gasteiger partial charge in [-0.2, -0.15) is 0 Å². The van der Waals surface area contributed by atoms with Crippen LogP contribution in [0.5, 0.6) is 0 Å².